The highest BCUT2D eigenvalue weighted by atomic mass is 16.5. The van der Waals surface area contributed by atoms with Crippen molar-refractivity contribution < 1.29 is 9.47 Å². The van der Waals surface area contributed by atoms with Gasteiger partial charge in [0, 0.05) is 16.8 Å². The first kappa shape index (κ1) is 14.6. The fourth-order valence-corrected chi connectivity index (χ4v) is 3.29. The first-order valence-electron chi connectivity index (χ1n) is 7.86. The molecule has 2 aromatic carbocycles. The van der Waals surface area contributed by atoms with Crippen LogP contribution in [0.3, 0.4) is 0 Å². The Morgan fingerprint density at radius 3 is 2.67 bits per heavy atom. The molecule has 3 aromatic rings. The first-order chi connectivity index (χ1) is 11.7. The largest absolute Gasteiger partial charge is 0.493 e. The van der Waals surface area contributed by atoms with Crippen molar-refractivity contribution in [1.82, 2.24) is 9.78 Å². The summed E-state index contributed by atoms with van der Waals surface area (Å²) < 4.78 is 13.1. The summed E-state index contributed by atoms with van der Waals surface area (Å²) >= 11 is 0. The Morgan fingerprint density at radius 2 is 1.88 bits per heavy atom. The maximum Gasteiger partial charge on any atom is 0.167 e. The van der Waals surface area contributed by atoms with Crippen molar-refractivity contribution in [3.63, 3.8) is 0 Å². The van der Waals surface area contributed by atoms with Gasteiger partial charge in [0.05, 0.1) is 25.6 Å². The molecule has 0 spiro atoms. The van der Waals surface area contributed by atoms with Gasteiger partial charge in [-0.25, -0.2) is 4.68 Å². The van der Waals surface area contributed by atoms with E-state index < -0.39 is 0 Å². The van der Waals surface area contributed by atoms with Crippen LogP contribution in [0.2, 0.25) is 0 Å². The zero-order valence-corrected chi connectivity index (χ0v) is 13.9. The minimum absolute atomic E-state index is 0.159. The summed E-state index contributed by atoms with van der Waals surface area (Å²) in [7, 11) is 3.31. The highest BCUT2D eigenvalue weighted by Crippen LogP contribution is 2.42. The summed E-state index contributed by atoms with van der Waals surface area (Å²) in [5.41, 5.74) is 5.29. The molecule has 1 aliphatic rings. The van der Waals surface area contributed by atoms with Gasteiger partial charge < -0.3 is 14.8 Å². The van der Waals surface area contributed by atoms with Crippen LogP contribution in [0.1, 0.15) is 17.4 Å². The van der Waals surface area contributed by atoms with E-state index in [2.05, 4.69) is 23.5 Å². The number of nitrogens with one attached hydrogen (secondary N) is 1. The molecule has 0 bridgehead atoms. The van der Waals surface area contributed by atoms with Crippen LogP contribution >= 0.6 is 0 Å². The number of fused-ring (bicyclic) bond motifs is 3. The molecule has 122 valence electrons. The minimum Gasteiger partial charge on any atom is -0.493 e. The third-order valence-corrected chi connectivity index (χ3v) is 4.33. The second-order valence-electron chi connectivity index (χ2n) is 5.79. The number of nitrogens with zero attached hydrogens (tertiary/aromatic N) is 2. The van der Waals surface area contributed by atoms with Gasteiger partial charge in [0.25, 0.3) is 0 Å². The van der Waals surface area contributed by atoms with Crippen LogP contribution in [0.4, 0.5) is 5.69 Å². The molecule has 0 fully saturated rings. The molecule has 0 aliphatic carbocycles. The van der Waals surface area contributed by atoms with E-state index in [9.17, 15) is 0 Å². The number of aryl methyl sites for hydroxylation is 1. The Labute approximate surface area is 140 Å². The van der Waals surface area contributed by atoms with Crippen LogP contribution < -0.4 is 14.8 Å². The summed E-state index contributed by atoms with van der Waals surface area (Å²) in [6.45, 7) is 2.01. The Kier molecular flexibility index (Phi) is 3.41. The van der Waals surface area contributed by atoms with Crippen molar-refractivity contribution in [3.05, 3.63) is 59.8 Å². The summed E-state index contributed by atoms with van der Waals surface area (Å²) in [5.74, 6) is 1.43. The van der Waals surface area contributed by atoms with Gasteiger partial charge >= 0.3 is 0 Å². The highest BCUT2D eigenvalue weighted by molar-refractivity contribution is 5.79. The van der Waals surface area contributed by atoms with Crippen LogP contribution in [0.5, 0.6) is 11.5 Å². The maximum absolute atomic E-state index is 5.62. The van der Waals surface area contributed by atoms with Gasteiger partial charge in [-0.2, -0.15) is 5.10 Å². The van der Waals surface area contributed by atoms with Crippen molar-refractivity contribution in [2.45, 2.75) is 13.1 Å². The molecule has 0 saturated heterocycles. The summed E-state index contributed by atoms with van der Waals surface area (Å²) in [6.07, 6.45) is -0.159. The first-order valence-corrected chi connectivity index (χ1v) is 7.86. The number of benzene rings is 2. The number of aromatic nitrogens is 2. The predicted molar refractivity (Wildman–Crippen MR) is 93.7 cm³/mol. The van der Waals surface area contributed by atoms with Crippen LogP contribution in [0.15, 0.2) is 48.5 Å². The Balaban J connectivity index is 1.92. The van der Waals surface area contributed by atoms with E-state index in [1.807, 2.05) is 41.9 Å². The van der Waals surface area contributed by atoms with Crippen molar-refractivity contribution in [3.8, 4) is 22.8 Å². The molecule has 24 heavy (non-hydrogen) atoms. The number of methoxy groups -OCH3 is 2. The van der Waals surface area contributed by atoms with Gasteiger partial charge in [0.2, 0.25) is 0 Å². The third-order valence-electron chi connectivity index (χ3n) is 4.33. The molecule has 0 unspecified atom stereocenters. The molecule has 1 aromatic heterocycles. The summed E-state index contributed by atoms with van der Waals surface area (Å²) in [6, 6.07) is 16.3. The molecule has 1 atom stereocenters. The van der Waals surface area contributed by atoms with Gasteiger partial charge in [-0.05, 0) is 25.1 Å². The molecule has 5 nitrogen and oxygen atoms in total. The van der Waals surface area contributed by atoms with Gasteiger partial charge in [-0.1, -0.05) is 30.3 Å². The Hall–Kier alpha value is -2.95. The minimum atomic E-state index is -0.159. The standard InChI is InChI=1S/C19H19N3O2/c1-12-11-16-13-7-4-5-9-15(13)20-19(22(16)21-12)14-8-6-10-17(23-2)18(14)24-3/h4-11,19-20H,1-3H3/t19-/m0/s1. The third kappa shape index (κ3) is 2.12. The van der Waals surface area contributed by atoms with Gasteiger partial charge in [-0.3, -0.25) is 0 Å². The van der Waals surface area contributed by atoms with E-state index in [0.29, 0.717) is 5.75 Å². The molecule has 0 amide bonds. The quantitative estimate of drug-likeness (QED) is 0.796. The lowest BCUT2D eigenvalue weighted by molar-refractivity contribution is 0.347. The van der Waals surface area contributed by atoms with Gasteiger partial charge in [0.15, 0.2) is 17.7 Å². The molecule has 5 heteroatoms. The lowest BCUT2D eigenvalue weighted by Gasteiger charge is -2.30. The number of rotatable bonds is 3. The number of hydrogen-bond acceptors (Lipinski definition) is 4. The number of anilines is 1. The fourth-order valence-electron chi connectivity index (χ4n) is 3.29. The van der Waals surface area contributed by atoms with E-state index >= 15 is 0 Å². The molecule has 4 rings (SSSR count). The fraction of sp³-hybridized carbons (Fsp3) is 0.211. The van der Waals surface area contributed by atoms with E-state index in [0.717, 1.165) is 34.0 Å². The topological polar surface area (TPSA) is 48.3 Å². The lowest BCUT2D eigenvalue weighted by Crippen LogP contribution is -2.26. The average molecular weight is 321 g/mol. The van der Waals surface area contributed by atoms with Gasteiger partial charge in [0.1, 0.15) is 0 Å². The molecule has 0 saturated carbocycles. The number of para-hydroxylation sites is 2. The molecule has 1 aliphatic heterocycles. The van der Waals surface area contributed by atoms with Crippen molar-refractivity contribution in [1.29, 1.82) is 0 Å². The van der Waals surface area contributed by atoms with Crippen molar-refractivity contribution in [2.75, 3.05) is 19.5 Å². The second kappa shape index (κ2) is 5.60. The molecule has 0 radical (unpaired) electrons. The SMILES string of the molecule is COc1cccc([C@H]2Nc3ccccc3-c3cc(C)nn32)c1OC. The van der Waals surface area contributed by atoms with E-state index in [1.54, 1.807) is 14.2 Å². The van der Waals surface area contributed by atoms with Gasteiger partial charge in [-0.15, -0.1) is 0 Å². The van der Waals surface area contributed by atoms with Crippen LogP contribution in [-0.4, -0.2) is 24.0 Å². The number of ether oxygens (including phenoxy) is 2. The average Bonchev–Trinajstić information content (AvgIpc) is 3.02. The molecular formula is C19H19N3O2. The van der Waals surface area contributed by atoms with E-state index in [-0.39, 0.29) is 6.17 Å². The zero-order valence-electron chi connectivity index (χ0n) is 13.9. The van der Waals surface area contributed by atoms with Crippen LogP contribution in [0.25, 0.3) is 11.3 Å². The smallest absolute Gasteiger partial charge is 0.167 e. The van der Waals surface area contributed by atoms with Crippen molar-refractivity contribution >= 4 is 5.69 Å². The summed E-state index contributed by atoms with van der Waals surface area (Å²) in [4.78, 5) is 0. The zero-order chi connectivity index (χ0) is 16.7. The van der Waals surface area contributed by atoms with E-state index in [1.165, 1.54) is 0 Å². The maximum atomic E-state index is 5.62. The molecule has 2 heterocycles. The summed E-state index contributed by atoms with van der Waals surface area (Å²) in [5, 5.41) is 8.27. The second-order valence-corrected chi connectivity index (χ2v) is 5.79. The molecular weight excluding hydrogens is 302 g/mol. The van der Waals surface area contributed by atoms with E-state index in [4.69, 9.17) is 14.6 Å². The van der Waals surface area contributed by atoms with Crippen LogP contribution in [0, 0.1) is 6.92 Å². The number of hydrogen-bond donors (Lipinski definition) is 1. The Bertz CT molecular complexity index is 901. The lowest BCUT2D eigenvalue weighted by atomic mass is 10.0. The molecule has 1 N–H and O–H groups in total. The van der Waals surface area contributed by atoms with Crippen molar-refractivity contribution in [2.24, 2.45) is 0 Å². The van der Waals surface area contributed by atoms with Crippen LogP contribution in [-0.2, 0) is 0 Å². The predicted octanol–water partition coefficient (Wildman–Crippen LogP) is 3.85. The monoisotopic (exact) mass is 321 g/mol. The normalized spacial score (nSPS) is 15.2. The Morgan fingerprint density at radius 1 is 1.04 bits per heavy atom. The highest BCUT2D eigenvalue weighted by Gasteiger charge is 2.29.